The standard InChI is InChI=1S/C16H13F2NS/c17-12-5-6-13(18)11(7-12)8-14(19)16-9-10-3-1-2-4-15(10)20-16/h1-7,9,14H,8,19H2. The Bertz CT molecular complexity index is 718. The van der Waals surface area contributed by atoms with Crippen molar-refractivity contribution in [3.8, 4) is 0 Å². The quantitative estimate of drug-likeness (QED) is 0.758. The van der Waals surface area contributed by atoms with Crippen LogP contribution in [-0.2, 0) is 6.42 Å². The molecule has 4 heteroatoms. The Balaban J connectivity index is 1.88. The minimum absolute atomic E-state index is 0.288. The van der Waals surface area contributed by atoms with Gasteiger partial charge < -0.3 is 5.73 Å². The van der Waals surface area contributed by atoms with Gasteiger partial charge in [-0.3, -0.25) is 0 Å². The Morgan fingerprint density at radius 1 is 1.05 bits per heavy atom. The van der Waals surface area contributed by atoms with E-state index in [0.717, 1.165) is 27.1 Å². The van der Waals surface area contributed by atoms with E-state index in [0.29, 0.717) is 5.56 Å². The lowest BCUT2D eigenvalue weighted by Crippen LogP contribution is -2.12. The van der Waals surface area contributed by atoms with Gasteiger partial charge in [0.25, 0.3) is 0 Å². The molecule has 2 aromatic carbocycles. The summed E-state index contributed by atoms with van der Waals surface area (Å²) in [6.45, 7) is 0. The molecule has 1 aromatic heterocycles. The van der Waals surface area contributed by atoms with Crippen molar-refractivity contribution in [2.45, 2.75) is 12.5 Å². The number of hydrogen-bond acceptors (Lipinski definition) is 2. The molecule has 0 aliphatic heterocycles. The lowest BCUT2D eigenvalue weighted by atomic mass is 10.0. The average Bonchev–Trinajstić information content (AvgIpc) is 2.87. The minimum atomic E-state index is -0.440. The van der Waals surface area contributed by atoms with Crippen LogP contribution in [0.25, 0.3) is 10.1 Å². The molecule has 0 radical (unpaired) electrons. The number of benzene rings is 2. The molecule has 0 saturated carbocycles. The van der Waals surface area contributed by atoms with Crippen molar-refractivity contribution in [2.24, 2.45) is 5.73 Å². The maximum atomic E-state index is 13.6. The third kappa shape index (κ3) is 2.57. The van der Waals surface area contributed by atoms with Gasteiger partial charge in [-0.05, 0) is 47.7 Å². The molecule has 2 N–H and O–H groups in total. The Hall–Kier alpha value is -1.78. The van der Waals surface area contributed by atoms with Crippen LogP contribution in [0.15, 0.2) is 48.5 Å². The van der Waals surface area contributed by atoms with Crippen molar-refractivity contribution in [2.75, 3.05) is 0 Å². The summed E-state index contributed by atoms with van der Waals surface area (Å²) in [5.41, 5.74) is 6.45. The molecule has 0 bridgehead atoms. The SMILES string of the molecule is NC(Cc1cc(F)ccc1F)c1cc2ccccc2s1. The van der Waals surface area contributed by atoms with Crippen LogP contribution in [0.1, 0.15) is 16.5 Å². The van der Waals surface area contributed by atoms with Crippen LogP contribution in [-0.4, -0.2) is 0 Å². The van der Waals surface area contributed by atoms with Gasteiger partial charge in [0.2, 0.25) is 0 Å². The van der Waals surface area contributed by atoms with E-state index >= 15 is 0 Å². The second-order valence-electron chi connectivity index (χ2n) is 4.73. The zero-order chi connectivity index (χ0) is 14.1. The van der Waals surface area contributed by atoms with Gasteiger partial charge in [-0.1, -0.05) is 18.2 Å². The van der Waals surface area contributed by atoms with Crippen LogP contribution >= 0.6 is 11.3 Å². The van der Waals surface area contributed by atoms with Crippen LogP contribution in [0.4, 0.5) is 8.78 Å². The van der Waals surface area contributed by atoms with Crippen molar-refractivity contribution >= 4 is 21.4 Å². The van der Waals surface area contributed by atoms with Gasteiger partial charge in [-0.2, -0.15) is 0 Å². The normalized spacial score (nSPS) is 12.8. The first-order chi connectivity index (χ1) is 9.63. The van der Waals surface area contributed by atoms with Gasteiger partial charge in [-0.15, -0.1) is 11.3 Å². The number of fused-ring (bicyclic) bond motifs is 1. The van der Waals surface area contributed by atoms with E-state index in [2.05, 4.69) is 0 Å². The molecule has 0 aliphatic carbocycles. The molecule has 0 amide bonds. The highest BCUT2D eigenvalue weighted by atomic mass is 32.1. The second kappa shape index (κ2) is 5.31. The predicted molar refractivity (Wildman–Crippen MR) is 78.8 cm³/mol. The largest absolute Gasteiger partial charge is 0.323 e. The first-order valence-corrected chi connectivity index (χ1v) is 7.13. The van der Waals surface area contributed by atoms with E-state index in [1.807, 2.05) is 30.3 Å². The maximum Gasteiger partial charge on any atom is 0.126 e. The number of nitrogens with two attached hydrogens (primary N) is 1. The van der Waals surface area contributed by atoms with Crippen molar-refractivity contribution in [1.29, 1.82) is 0 Å². The first-order valence-electron chi connectivity index (χ1n) is 6.31. The molecule has 0 fully saturated rings. The highest BCUT2D eigenvalue weighted by Gasteiger charge is 2.13. The molecule has 3 aromatic rings. The summed E-state index contributed by atoms with van der Waals surface area (Å²) >= 11 is 1.59. The van der Waals surface area contributed by atoms with Crippen molar-refractivity contribution in [1.82, 2.24) is 0 Å². The highest BCUT2D eigenvalue weighted by Crippen LogP contribution is 2.30. The predicted octanol–water partition coefficient (Wildman–Crippen LogP) is 4.42. The van der Waals surface area contributed by atoms with Gasteiger partial charge in [0, 0.05) is 15.6 Å². The molecule has 3 rings (SSSR count). The van der Waals surface area contributed by atoms with Gasteiger partial charge in [0.1, 0.15) is 11.6 Å². The van der Waals surface area contributed by atoms with Crippen LogP contribution in [0.5, 0.6) is 0 Å². The molecule has 0 spiro atoms. The lowest BCUT2D eigenvalue weighted by molar-refractivity contribution is 0.574. The van der Waals surface area contributed by atoms with Crippen LogP contribution < -0.4 is 5.73 Å². The summed E-state index contributed by atoms with van der Waals surface area (Å²) in [6, 6.07) is 13.1. The molecule has 20 heavy (non-hydrogen) atoms. The van der Waals surface area contributed by atoms with Gasteiger partial charge in [0.05, 0.1) is 0 Å². The molecule has 1 nitrogen and oxygen atoms in total. The second-order valence-corrected chi connectivity index (χ2v) is 5.85. The van der Waals surface area contributed by atoms with Gasteiger partial charge in [-0.25, -0.2) is 8.78 Å². The fraction of sp³-hybridized carbons (Fsp3) is 0.125. The highest BCUT2D eigenvalue weighted by molar-refractivity contribution is 7.19. The molecule has 1 atom stereocenters. The molecule has 1 unspecified atom stereocenters. The van der Waals surface area contributed by atoms with E-state index < -0.39 is 11.6 Å². The first kappa shape index (κ1) is 13.2. The fourth-order valence-corrected chi connectivity index (χ4v) is 3.29. The lowest BCUT2D eigenvalue weighted by Gasteiger charge is -2.10. The van der Waals surface area contributed by atoms with Crippen molar-refractivity contribution in [3.05, 3.63) is 70.6 Å². The summed E-state index contributed by atoms with van der Waals surface area (Å²) in [5.74, 6) is -0.854. The third-order valence-corrected chi connectivity index (χ3v) is 4.51. The van der Waals surface area contributed by atoms with E-state index in [1.165, 1.54) is 6.07 Å². The molecule has 1 heterocycles. The average molecular weight is 289 g/mol. The zero-order valence-electron chi connectivity index (χ0n) is 10.6. The van der Waals surface area contributed by atoms with E-state index in [9.17, 15) is 8.78 Å². The molecular weight excluding hydrogens is 276 g/mol. The van der Waals surface area contributed by atoms with Gasteiger partial charge in [0.15, 0.2) is 0 Å². The Labute approximate surface area is 119 Å². The van der Waals surface area contributed by atoms with Crippen molar-refractivity contribution < 1.29 is 8.78 Å². The number of thiophene rings is 1. The minimum Gasteiger partial charge on any atom is -0.323 e. The monoisotopic (exact) mass is 289 g/mol. The van der Waals surface area contributed by atoms with E-state index in [-0.39, 0.29) is 12.5 Å². The summed E-state index contributed by atoms with van der Waals surface area (Å²) < 4.78 is 27.9. The van der Waals surface area contributed by atoms with E-state index in [1.54, 1.807) is 11.3 Å². The summed E-state index contributed by atoms with van der Waals surface area (Å²) in [6.07, 6.45) is 0.288. The number of hydrogen-bond donors (Lipinski definition) is 1. The summed E-state index contributed by atoms with van der Waals surface area (Å²) in [4.78, 5) is 0.981. The van der Waals surface area contributed by atoms with Crippen LogP contribution in [0.2, 0.25) is 0 Å². The fourth-order valence-electron chi connectivity index (χ4n) is 2.22. The molecule has 0 aliphatic rings. The number of halogens is 2. The topological polar surface area (TPSA) is 26.0 Å². The molecule has 102 valence electrons. The van der Waals surface area contributed by atoms with E-state index in [4.69, 9.17) is 5.73 Å². The Kier molecular flexibility index (Phi) is 3.51. The molecule has 0 saturated heterocycles. The van der Waals surface area contributed by atoms with Gasteiger partial charge >= 0.3 is 0 Å². The van der Waals surface area contributed by atoms with Crippen molar-refractivity contribution in [3.63, 3.8) is 0 Å². The third-order valence-electron chi connectivity index (χ3n) is 3.26. The maximum absolute atomic E-state index is 13.6. The smallest absolute Gasteiger partial charge is 0.126 e. The van der Waals surface area contributed by atoms with Crippen LogP contribution in [0, 0.1) is 11.6 Å². The Morgan fingerprint density at radius 3 is 2.65 bits per heavy atom. The Morgan fingerprint density at radius 2 is 1.85 bits per heavy atom. The summed E-state index contributed by atoms with van der Waals surface area (Å²) in [5, 5.41) is 1.13. The number of rotatable bonds is 3. The van der Waals surface area contributed by atoms with Crippen LogP contribution in [0.3, 0.4) is 0 Å². The summed E-state index contributed by atoms with van der Waals surface area (Å²) in [7, 11) is 0. The zero-order valence-corrected chi connectivity index (χ0v) is 11.5. The molecular formula is C16H13F2NS.